The number of aryl methyl sites for hydroxylation is 1. The van der Waals surface area contributed by atoms with E-state index in [1.807, 2.05) is 6.92 Å². The molecule has 0 spiro atoms. The molecule has 1 aromatic heterocycles. The van der Waals surface area contributed by atoms with E-state index in [1.165, 1.54) is 12.1 Å². The second kappa shape index (κ2) is 12.0. The third-order valence-corrected chi connectivity index (χ3v) is 6.78. The summed E-state index contributed by atoms with van der Waals surface area (Å²) in [6, 6.07) is 4.19. The molecule has 4 heterocycles. The molecule has 0 aliphatic carbocycles. The molecule has 2 amide bonds. The van der Waals surface area contributed by atoms with Gasteiger partial charge in [-0.25, -0.2) is 4.39 Å². The van der Waals surface area contributed by atoms with Gasteiger partial charge in [-0.1, -0.05) is 0 Å². The number of H-pyrrole nitrogens is 1. The molecule has 0 radical (unpaired) electrons. The van der Waals surface area contributed by atoms with Crippen LogP contribution in [0.3, 0.4) is 0 Å². The third kappa shape index (κ3) is 7.31. The zero-order valence-electron chi connectivity index (χ0n) is 21.9. The molecule has 13 heteroatoms. The van der Waals surface area contributed by atoms with Crippen molar-refractivity contribution in [1.82, 2.24) is 14.8 Å². The maximum Gasteiger partial charge on any atom is 0.261 e. The number of β-amino-alcohol motifs (C(OH)–C–C–N with tert-alkyl or cyclic N) is 1. The Kier molecular flexibility index (Phi) is 8.86. The van der Waals surface area contributed by atoms with Crippen LogP contribution >= 0.6 is 0 Å². The van der Waals surface area contributed by atoms with E-state index in [4.69, 9.17) is 9.29 Å². The number of amides is 2. The summed E-state index contributed by atoms with van der Waals surface area (Å²) in [5.41, 5.74) is 4.28. The maximum absolute atomic E-state index is 13.8. The molecule has 4 N–H and O–H groups in total. The van der Waals surface area contributed by atoms with Gasteiger partial charge in [0.25, 0.3) is 21.9 Å². The lowest BCUT2D eigenvalue weighted by molar-refractivity contribution is -0.110. The Bertz CT molecular complexity index is 1370. The number of hydrogen-bond donors (Lipinski definition) is 4. The first kappa shape index (κ1) is 28.9. The number of aliphatic hydroxyl groups excluding tert-OH is 1. The number of nitrogens with one attached hydrogen (secondary N) is 2. The van der Waals surface area contributed by atoms with Gasteiger partial charge >= 0.3 is 0 Å². The van der Waals surface area contributed by atoms with Gasteiger partial charge in [0, 0.05) is 55.4 Å². The number of aliphatic hydroxyl groups is 1. The lowest BCUT2D eigenvalue weighted by Gasteiger charge is -2.31. The van der Waals surface area contributed by atoms with Crippen molar-refractivity contribution < 1.29 is 36.8 Å². The van der Waals surface area contributed by atoms with Crippen LogP contribution in [-0.2, 0) is 26.1 Å². The minimum Gasteiger partial charge on any atom is -0.390 e. The Morgan fingerprint density at radius 3 is 2.56 bits per heavy atom. The fourth-order valence-corrected chi connectivity index (χ4v) is 5.02. The van der Waals surface area contributed by atoms with Crippen molar-refractivity contribution >= 4 is 39.3 Å². The van der Waals surface area contributed by atoms with Gasteiger partial charge in [-0.15, -0.1) is 0 Å². The van der Waals surface area contributed by atoms with Crippen molar-refractivity contribution in [3.63, 3.8) is 0 Å². The lowest BCUT2D eigenvalue weighted by atomic mass is 10.0. The molecule has 1 aromatic carbocycles. The van der Waals surface area contributed by atoms with Gasteiger partial charge in [0.05, 0.1) is 36.7 Å². The van der Waals surface area contributed by atoms with Crippen molar-refractivity contribution in [3.05, 3.63) is 52.1 Å². The highest BCUT2D eigenvalue weighted by atomic mass is 32.2. The number of hydrogen-bond acceptors (Lipinski definition) is 7. The SMILES string of the molecule is CS(=O)(=O)O.Cc1c(C=C2C(=O)Nc3ccc(F)cc32)[nH]c2c1C(=O)N(C[C@H](O)CN1CCOCC1)CCC2. The number of benzene rings is 1. The Morgan fingerprint density at radius 1 is 1.18 bits per heavy atom. The molecule has 5 rings (SSSR count). The van der Waals surface area contributed by atoms with E-state index in [-0.39, 0.29) is 18.4 Å². The van der Waals surface area contributed by atoms with E-state index in [9.17, 15) is 27.5 Å². The van der Waals surface area contributed by atoms with E-state index in [0.717, 1.165) is 30.8 Å². The second-order valence-corrected chi connectivity index (χ2v) is 11.3. The highest BCUT2D eigenvalue weighted by Gasteiger charge is 2.30. The lowest BCUT2D eigenvalue weighted by Crippen LogP contribution is -2.46. The minimum atomic E-state index is -3.67. The standard InChI is InChI=1S/C25H29FN4O4.CH4O3S/c1-15-22(12-19-18-11-16(26)4-5-20(18)28-24(19)32)27-21-3-2-6-30(25(33)23(15)21)14-17(31)13-29-7-9-34-10-8-29;1-5(2,3)4/h4-5,11-12,17,27,31H,2-3,6-10,13-14H2,1H3,(H,28,32);1H3,(H,2,3,4)/t17-;/m1./s1. The number of halogens is 1. The van der Waals surface area contributed by atoms with E-state index >= 15 is 0 Å². The summed E-state index contributed by atoms with van der Waals surface area (Å²) in [5, 5.41) is 13.4. The molecule has 1 saturated heterocycles. The van der Waals surface area contributed by atoms with Crippen LogP contribution in [0, 0.1) is 12.7 Å². The van der Waals surface area contributed by atoms with Crippen molar-refractivity contribution in [2.24, 2.45) is 0 Å². The average Bonchev–Trinajstić information content (AvgIpc) is 3.27. The molecule has 1 atom stereocenters. The first-order valence-corrected chi connectivity index (χ1v) is 14.5. The molecule has 3 aliphatic heterocycles. The molecule has 0 unspecified atom stereocenters. The summed E-state index contributed by atoms with van der Waals surface area (Å²) in [7, 11) is -3.67. The number of rotatable bonds is 5. The number of aromatic amines is 1. The smallest absolute Gasteiger partial charge is 0.261 e. The molecule has 39 heavy (non-hydrogen) atoms. The van der Waals surface area contributed by atoms with E-state index < -0.39 is 22.0 Å². The van der Waals surface area contributed by atoms with Crippen LogP contribution in [-0.4, -0.2) is 103 Å². The summed E-state index contributed by atoms with van der Waals surface area (Å²) < 4.78 is 45.0. The fourth-order valence-electron chi connectivity index (χ4n) is 5.02. The van der Waals surface area contributed by atoms with E-state index in [1.54, 1.807) is 17.0 Å². The first-order chi connectivity index (χ1) is 18.4. The molecule has 11 nitrogen and oxygen atoms in total. The van der Waals surface area contributed by atoms with Crippen LogP contribution < -0.4 is 5.32 Å². The van der Waals surface area contributed by atoms with Gasteiger partial charge in [-0.3, -0.25) is 19.0 Å². The zero-order valence-corrected chi connectivity index (χ0v) is 22.7. The largest absolute Gasteiger partial charge is 0.390 e. The van der Waals surface area contributed by atoms with Gasteiger partial charge in [0.15, 0.2) is 0 Å². The predicted octanol–water partition coefficient (Wildman–Crippen LogP) is 1.54. The van der Waals surface area contributed by atoms with Crippen LogP contribution in [0.1, 0.15) is 39.3 Å². The summed E-state index contributed by atoms with van der Waals surface area (Å²) in [6.45, 7) is 6.10. The minimum absolute atomic E-state index is 0.116. The highest BCUT2D eigenvalue weighted by molar-refractivity contribution is 7.85. The Balaban J connectivity index is 0.000000648. The van der Waals surface area contributed by atoms with Gasteiger partial charge in [0.2, 0.25) is 0 Å². The Hall–Kier alpha value is -3.10. The Labute approximate surface area is 226 Å². The van der Waals surface area contributed by atoms with E-state index in [2.05, 4.69) is 15.2 Å². The highest BCUT2D eigenvalue weighted by Crippen LogP contribution is 2.35. The van der Waals surface area contributed by atoms with Crippen LogP contribution in [0.5, 0.6) is 0 Å². The average molecular weight is 565 g/mol. The molecule has 3 aliphatic rings. The van der Waals surface area contributed by atoms with Crippen molar-refractivity contribution in [2.75, 3.05) is 57.5 Å². The van der Waals surface area contributed by atoms with Gasteiger partial charge in [-0.05, 0) is 49.6 Å². The van der Waals surface area contributed by atoms with Crippen LogP contribution in [0.2, 0.25) is 0 Å². The number of fused-ring (bicyclic) bond motifs is 2. The van der Waals surface area contributed by atoms with Crippen molar-refractivity contribution in [3.8, 4) is 0 Å². The molecular formula is C26H33FN4O7S. The number of ether oxygens (including phenoxy) is 1. The summed E-state index contributed by atoms with van der Waals surface area (Å²) in [4.78, 5) is 33.2. The second-order valence-electron chi connectivity index (χ2n) is 9.87. The van der Waals surface area contributed by atoms with Crippen LogP contribution in [0.15, 0.2) is 18.2 Å². The Morgan fingerprint density at radius 2 is 1.87 bits per heavy atom. The first-order valence-electron chi connectivity index (χ1n) is 12.6. The van der Waals surface area contributed by atoms with Gasteiger partial charge in [0.1, 0.15) is 5.82 Å². The predicted molar refractivity (Wildman–Crippen MR) is 143 cm³/mol. The van der Waals surface area contributed by atoms with Gasteiger partial charge in [-0.2, -0.15) is 8.42 Å². The molecule has 2 aromatic rings. The molecular weight excluding hydrogens is 531 g/mol. The number of carbonyl (C=O) groups excluding carboxylic acids is 2. The van der Waals surface area contributed by atoms with Crippen LogP contribution in [0.25, 0.3) is 11.6 Å². The monoisotopic (exact) mass is 564 g/mol. The molecule has 212 valence electrons. The maximum atomic E-state index is 13.8. The van der Waals surface area contributed by atoms with Gasteiger partial charge < -0.3 is 25.0 Å². The number of carbonyl (C=O) groups is 2. The molecule has 0 bridgehead atoms. The zero-order chi connectivity index (χ0) is 28.3. The topological polar surface area (TPSA) is 152 Å². The number of aromatic nitrogens is 1. The van der Waals surface area contributed by atoms with Crippen molar-refractivity contribution in [2.45, 2.75) is 25.9 Å². The quantitative estimate of drug-likeness (QED) is 0.315. The number of anilines is 1. The van der Waals surface area contributed by atoms with Crippen LogP contribution in [0.4, 0.5) is 10.1 Å². The third-order valence-electron chi connectivity index (χ3n) is 6.78. The number of morpholine rings is 1. The van der Waals surface area contributed by atoms with Crippen molar-refractivity contribution in [1.29, 1.82) is 0 Å². The number of nitrogens with zero attached hydrogens (tertiary/aromatic N) is 2. The normalized spacial score (nSPS) is 19.6. The molecule has 1 fully saturated rings. The summed E-state index contributed by atoms with van der Waals surface area (Å²) in [5.74, 6) is -0.833. The summed E-state index contributed by atoms with van der Waals surface area (Å²) >= 11 is 0. The molecule has 0 saturated carbocycles. The fraction of sp³-hybridized carbons (Fsp3) is 0.462. The van der Waals surface area contributed by atoms with E-state index in [0.29, 0.717) is 67.1 Å². The summed E-state index contributed by atoms with van der Waals surface area (Å²) in [6.07, 6.45) is 3.23.